The highest BCUT2D eigenvalue weighted by atomic mass is 16.5. The SMILES string of the molecule is CCOC(=O)c1cc(-c2cc(C(=O)OC)co2)cc(CN2CCNCCNCC2)n1. The Balaban J connectivity index is 1.88. The highest BCUT2D eigenvalue weighted by Gasteiger charge is 2.18. The van der Waals surface area contributed by atoms with Gasteiger partial charge in [0.25, 0.3) is 0 Å². The molecule has 1 aliphatic rings. The van der Waals surface area contributed by atoms with Gasteiger partial charge in [0.1, 0.15) is 17.7 Å². The number of hydrogen-bond donors (Lipinski definition) is 2. The number of esters is 2. The van der Waals surface area contributed by atoms with Gasteiger partial charge in [-0.25, -0.2) is 14.6 Å². The third-order valence-electron chi connectivity index (χ3n) is 4.74. The molecule has 0 radical (unpaired) electrons. The van der Waals surface area contributed by atoms with Crippen LogP contribution in [0.15, 0.2) is 28.9 Å². The summed E-state index contributed by atoms with van der Waals surface area (Å²) in [4.78, 5) is 30.9. The molecule has 0 aromatic carbocycles. The minimum atomic E-state index is -0.492. The zero-order valence-electron chi connectivity index (χ0n) is 17.4. The van der Waals surface area contributed by atoms with Crippen molar-refractivity contribution in [1.82, 2.24) is 20.5 Å². The lowest BCUT2D eigenvalue weighted by atomic mass is 10.1. The number of furan rings is 1. The van der Waals surface area contributed by atoms with E-state index in [4.69, 9.17) is 13.9 Å². The standard InChI is InChI=1S/C21H28N4O5/c1-3-29-21(27)18-11-15(19-12-16(14-30-19)20(26)28-2)10-17(24-18)13-25-8-6-22-4-5-23-7-9-25/h10-12,14,22-23H,3-9,13H2,1-2H3. The Hall–Kier alpha value is -2.75. The molecule has 1 fully saturated rings. The van der Waals surface area contributed by atoms with Crippen molar-refractivity contribution in [3.8, 4) is 11.3 Å². The van der Waals surface area contributed by atoms with Crippen molar-refractivity contribution in [3.63, 3.8) is 0 Å². The van der Waals surface area contributed by atoms with Gasteiger partial charge in [-0.2, -0.15) is 0 Å². The highest BCUT2D eigenvalue weighted by Crippen LogP contribution is 2.25. The van der Waals surface area contributed by atoms with E-state index in [0.717, 1.165) is 45.0 Å². The number of pyridine rings is 1. The van der Waals surface area contributed by atoms with Crippen LogP contribution in [-0.4, -0.2) is 74.8 Å². The molecular formula is C21H28N4O5. The van der Waals surface area contributed by atoms with Crippen LogP contribution in [-0.2, 0) is 16.0 Å². The van der Waals surface area contributed by atoms with Crippen molar-refractivity contribution in [3.05, 3.63) is 41.4 Å². The zero-order chi connectivity index (χ0) is 21.3. The van der Waals surface area contributed by atoms with E-state index in [1.165, 1.54) is 13.4 Å². The maximum atomic E-state index is 12.4. The number of carbonyl (C=O) groups is 2. The summed E-state index contributed by atoms with van der Waals surface area (Å²) in [5.74, 6) is -0.521. The topological polar surface area (TPSA) is 106 Å². The summed E-state index contributed by atoms with van der Waals surface area (Å²) in [7, 11) is 1.31. The molecule has 1 saturated heterocycles. The van der Waals surface area contributed by atoms with Gasteiger partial charge in [-0.05, 0) is 25.1 Å². The summed E-state index contributed by atoms with van der Waals surface area (Å²) < 4.78 is 15.4. The fraction of sp³-hybridized carbons (Fsp3) is 0.476. The summed E-state index contributed by atoms with van der Waals surface area (Å²) in [5.41, 5.74) is 1.89. The lowest BCUT2D eigenvalue weighted by Gasteiger charge is -2.21. The molecule has 3 rings (SSSR count). The summed E-state index contributed by atoms with van der Waals surface area (Å²) in [6.07, 6.45) is 1.34. The fourth-order valence-corrected chi connectivity index (χ4v) is 3.23. The molecule has 3 heterocycles. The third-order valence-corrected chi connectivity index (χ3v) is 4.74. The number of nitrogens with one attached hydrogen (secondary N) is 2. The summed E-state index contributed by atoms with van der Waals surface area (Å²) in [6.45, 7) is 7.97. The molecule has 9 nitrogen and oxygen atoms in total. The van der Waals surface area contributed by atoms with E-state index in [9.17, 15) is 9.59 Å². The van der Waals surface area contributed by atoms with E-state index in [1.54, 1.807) is 19.1 Å². The molecule has 2 N–H and O–H groups in total. The average Bonchev–Trinajstić information content (AvgIpc) is 3.28. The highest BCUT2D eigenvalue weighted by molar-refractivity contribution is 5.91. The Morgan fingerprint density at radius 3 is 2.50 bits per heavy atom. The minimum absolute atomic E-state index is 0.209. The van der Waals surface area contributed by atoms with Crippen LogP contribution in [0.2, 0.25) is 0 Å². The first-order valence-corrected chi connectivity index (χ1v) is 10.1. The summed E-state index contributed by atoms with van der Waals surface area (Å²) >= 11 is 0. The maximum Gasteiger partial charge on any atom is 0.356 e. The monoisotopic (exact) mass is 416 g/mol. The molecule has 9 heteroatoms. The van der Waals surface area contributed by atoms with Crippen molar-refractivity contribution in [2.24, 2.45) is 0 Å². The van der Waals surface area contributed by atoms with Gasteiger partial charge in [0, 0.05) is 51.4 Å². The van der Waals surface area contributed by atoms with E-state index in [0.29, 0.717) is 23.4 Å². The molecule has 2 aromatic rings. The van der Waals surface area contributed by atoms with Gasteiger partial charge >= 0.3 is 11.9 Å². The predicted molar refractivity (Wildman–Crippen MR) is 110 cm³/mol. The number of rotatable bonds is 6. The Morgan fingerprint density at radius 2 is 1.83 bits per heavy atom. The Labute approximate surface area is 175 Å². The normalized spacial score (nSPS) is 15.7. The van der Waals surface area contributed by atoms with Crippen molar-refractivity contribution < 1.29 is 23.5 Å². The van der Waals surface area contributed by atoms with Gasteiger partial charge in [-0.1, -0.05) is 0 Å². The molecule has 2 aromatic heterocycles. The first-order valence-electron chi connectivity index (χ1n) is 10.1. The van der Waals surface area contributed by atoms with Gasteiger partial charge in [-0.15, -0.1) is 0 Å². The lowest BCUT2D eigenvalue weighted by molar-refractivity contribution is 0.0518. The molecule has 0 spiro atoms. The van der Waals surface area contributed by atoms with E-state index in [2.05, 4.69) is 20.5 Å². The predicted octanol–water partition coefficient (Wildman–Crippen LogP) is 1.30. The molecule has 0 unspecified atom stereocenters. The first kappa shape index (κ1) is 21.9. The van der Waals surface area contributed by atoms with Gasteiger partial charge in [0.15, 0.2) is 0 Å². The van der Waals surface area contributed by atoms with Gasteiger partial charge in [-0.3, -0.25) is 4.90 Å². The first-order chi connectivity index (χ1) is 14.6. The second-order valence-electron chi connectivity index (χ2n) is 6.92. The van der Waals surface area contributed by atoms with Crippen LogP contribution in [0.1, 0.15) is 33.5 Å². The van der Waals surface area contributed by atoms with Crippen molar-refractivity contribution in [2.45, 2.75) is 13.5 Å². The van der Waals surface area contributed by atoms with Crippen molar-refractivity contribution in [1.29, 1.82) is 0 Å². The Bertz CT molecular complexity index is 857. The second-order valence-corrected chi connectivity index (χ2v) is 6.92. The average molecular weight is 416 g/mol. The van der Waals surface area contributed by atoms with E-state index in [1.807, 2.05) is 6.07 Å². The van der Waals surface area contributed by atoms with Gasteiger partial charge in [0.2, 0.25) is 0 Å². The Kier molecular flexibility index (Phi) is 7.95. The summed E-state index contributed by atoms with van der Waals surface area (Å²) in [5, 5.41) is 6.78. The lowest BCUT2D eigenvalue weighted by Crippen LogP contribution is -2.34. The van der Waals surface area contributed by atoms with Crippen LogP contribution >= 0.6 is 0 Å². The molecular weight excluding hydrogens is 388 g/mol. The number of aromatic nitrogens is 1. The smallest absolute Gasteiger partial charge is 0.356 e. The quantitative estimate of drug-likeness (QED) is 0.674. The molecule has 30 heavy (non-hydrogen) atoms. The largest absolute Gasteiger partial charge is 0.465 e. The molecule has 0 bridgehead atoms. The molecule has 0 saturated carbocycles. The third kappa shape index (κ3) is 5.88. The van der Waals surface area contributed by atoms with Gasteiger partial charge < -0.3 is 24.5 Å². The van der Waals surface area contributed by atoms with Crippen LogP contribution in [0.4, 0.5) is 0 Å². The van der Waals surface area contributed by atoms with E-state index >= 15 is 0 Å². The summed E-state index contributed by atoms with van der Waals surface area (Å²) in [6, 6.07) is 5.08. The molecule has 0 atom stereocenters. The van der Waals surface area contributed by atoms with Crippen LogP contribution < -0.4 is 10.6 Å². The van der Waals surface area contributed by atoms with E-state index < -0.39 is 11.9 Å². The number of nitrogens with zero attached hydrogens (tertiary/aromatic N) is 2. The van der Waals surface area contributed by atoms with Crippen LogP contribution in [0.3, 0.4) is 0 Å². The minimum Gasteiger partial charge on any atom is -0.465 e. The maximum absolute atomic E-state index is 12.4. The number of methoxy groups -OCH3 is 1. The van der Waals surface area contributed by atoms with Crippen molar-refractivity contribution in [2.75, 3.05) is 53.0 Å². The molecule has 0 amide bonds. The fourth-order valence-electron chi connectivity index (χ4n) is 3.23. The molecule has 162 valence electrons. The number of carbonyl (C=O) groups excluding carboxylic acids is 2. The van der Waals surface area contributed by atoms with Crippen molar-refractivity contribution >= 4 is 11.9 Å². The zero-order valence-corrected chi connectivity index (χ0v) is 17.4. The Morgan fingerprint density at radius 1 is 1.10 bits per heavy atom. The number of ether oxygens (including phenoxy) is 2. The van der Waals surface area contributed by atoms with Crippen LogP contribution in [0.5, 0.6) is 0 Å². The van der Waals surface area contributed by atoms with Crippen LogP contribution in [0, 0.1) is 0 Å². The number of hydrogen-bond acceptors (Lipinski definition) is 9. The van der Waals surface area contributed by atoms with Crippen LogP contribution in [0.25, 0.3) is 11.3 Å². The van der Waals surface area contributed by atoms with E-state index in [-0.39, 0.29) is 12.3 Å². The second kappa shape index (κ2) is 10.9. The molecule has 1 aliphatic heterocycles. The molecule has 0 aliphatic carbocycles. The van der Waals surface area contributed by atoms with Gasteiger partial charge in [0.05, 0.1) is 25.0 Å².